The van der Waals surface area contributed by atoms with Gasteiger partial charge in [0.1, 0.15) is 4.21 Å². The molecule has 2 rings (SSSR count). The van der Waals surface area contributed by atoms with Crippen molar-refractivity contribution in [1.82, 2.24) is 14.1 Å². The fourth-order valence-electron chi connectivity index (χ4n) is 2.13. The summed E-state index contributed by atoms with van der Waals surface area (Å²) in [7, 11) is 0.726. The normalized spacial score (nSPS) is 18.8. The first-order chi connectivity index (χ1) is 9.39. The van der Waals surface area contributed by atoms with Crippen LogP contribution in [0.1, 0.15) is 0 Å². The van der Waals surface area contributed by atoms with Crippen molar-refractivity contribution in [2.45, 2.75) is 4.21 Å². The van der Waals surface area contributed by atoms with E-state index in [0.717, 1.165) is 26.2 Å². The monoisotopic (exact) mass is 318 g/mol. The molecule has 0 bridgehead atoms. The highest BCUT2D eigenvalue weighted by molar-refractivity contribution is 7.91. The molecule has 0 atom stereocenters. The summed E-state index contributed by atoms with van der Waals surface area (Å²) in [5.41, 5.74) is 6.12. The summed E-state index contributed by atoms with van der Waals surface area (Å²) in [5, 5.41) is 1.67. The molecule has 0 spiro atoms. The summed E-state index contributed by atoms with van der Waals surface area (Å²) < 4.78 is 26.8. The van der Waals surface area contributed by atoms with E-state index in [9.17, 15) is 8.42 Å². The van der Waals surface area contributed by atoms with Crippen LogP contribution in [0.3, 0.4) is 0 Å². The quantitative estimate of drug-likeness (QED) is 0.840. The van der Waals surface area contributed by atoms with E-state index in [4.69, 9.17) is 5.73 Å². The van der Waals surface area contributed by atoms with Gasteiger partial charge in [-0.3, -0.25) is 4.90 Å². The molecule has 0 aromatic carbocycles. The average molecular weight is 318 g/mol. The zero-order valence-corrected chi connectivity index (χ0v) is 13.6. The summed E-state index contributed by atoms with van der Waals surface area (Å²) in [6, 6.07) is 1.54. The Labute approximate surface area is 124 Å². The molecule has 0 aliphatic carbocycles. The minimum atomic E-state index is -3.36. The van der Waals surface area contributed by atoms with Gasteiger partial charge in [-0.15, -0.1) is 11.3 Å². The number of likely N-dealkylation sites (N-methyl/N-ethyl adjacent to an activating group) is 1. The van der Waals surface area contributed by atoms with Gasteiger partial charge in [0.25, 0.3) is 10.0 Å². The number of sulfonamides is 1. The minimum Gasteiger partial charge on any atom is -0.398 e. The highest BCUT2D eigenvalue weighted by atomic mass is 32.2. The van der Waals surface area contributed by atoms with Gasteiger partial charge in [-0.25, -0.2) is 8.42 Å². The van der Waals surface area contributed by atoms with Crippen molar-refractivity contribution in [1.29, 1.82) is 0 Å². The van der Waals surface area contributed by atoms with Crippen LogP contribution >= 0.6 is 11.3 Å². The Balaban J connectivity index is 1.93. The third kappa shape index (κ3) is 3.70. The topological polar surface area (TPSA) is 69.9 Å². The zero-order valence-electron chi connectivity index (χ0n) is 11.9. The molecule has 6 nitrogen and oxygen atoms in total. The van der Waals surface area contributed by atoms with E-state index < -0.39 is 10.0 Å². The van der Waals surface area contributed by atoms with Crippen LogP contribution in [0, 0.1) is 0 Å². The molecule has 1 aromatic heterocycles. The van der Waals surface area contributed by atoms with Crippen LogP contribution < -0.4 is 5.73 Å². The Bertz CT molecular complexity index is 533. The van der Waals surface area contributed by atoms with Crippen LogP contribution in [0.5, 0.6) is 0 Å². The molecule has 8 heteroatoms. The highest BCUT2D eigenvalue weighted by Crippen LogP contribution is 2.25. The van der Waals surface area contributed by atoms with E-state index in [0.29, 0.717) is 23.0 Å². The largest absolute Gasteiger partial charge is 0.398 e. The standard InChI is InChI=1S/C12H22N4O2S2/c1-14(2)3-4-15-5-7-16(8-6-15)20(17,18)12-9-11(13)10-19-12/h9-10H,3-8,13H2,1-2H3. The van der Waals surface area contributed by atoms with Crippen molar-refractivity contribution < 1.29 is 8.42 Å². The molecule has 1 aromatic rings. The minimum absolute atomic E-state index is 0.344. The molecule has 1 fully saturated rings. The average Bonchev–Trinajstić information content (AvgIpc) is 2.84. The third-order valence-corrected chi connectivity index (χ3v) is 6.72. The maximum absolute atomic E-state index is 12.4. The summed E-state index contributed by atoms with van der Waals surface area (Å²) in [6.45, 7) is 4.64. The van der Waals surface area contributed by atoms with E-state index >= 15 is 0 Å². The fourth-order valence-corrected chi connectivity index (χ4v) is 4.78. The summed E-state index contributed by atoms with van der Waals surface area (Å²) >= 11 is 1.19. The van der Waals surface area contributed by atoms with Crippen molar-refractivity contribution in [3.63, 3.8) is 0 Å². The predicted molar refractivity (Wildman–Crippen MR) is 82.5 cm³/mol. The molecule has 0 saturated carbocycles. The number of nitrogens with two attached hydrogens (primary N) is 1. The summed E-state index contributed by atoms with van der Waals surface area (Å²) in [5.74, 6) is 0. The summed E-state index contributed by atoms with van der Waals surface area (Å²) in [4.78, 5) is 4.44. The molecule has 0 radical (unpaired) electrons. The van der Waals surface area contributed by atoms with E-state index in [1.807, 2.05) is 14.1 Å². The van der Waals surface area contributed by atoms with Gasteiger partial charge in [-0.05, 0) is 20.2 Å². The molecule has 1 aliphatic rings. The lowest BCUT2D eigenvalue weighted by Crippen LogP contribution is -2.49. The van der Waals surface area contributed by atoms with Crippen LogP contribution in [0.4, 0.5) is 5.69 Å². The Morgan fingerprint density at radius 1 is 1.30 bits per heavy atom. The van der Waals surface area contributed by atoms with Gasteiger partial charge in [-0.1, -0.05) is 0 Å². The van der Waals surface area contributed by atoms with E-state index in [1.165, 1.54) is 11.3 Å². The molecule has 0 amide bonds. The molecule has 2 N–H and O–H groups in total. The second-order valence-corrected chi connectivity index (χ2v) is 8.32. The molecular formula is C12H22N4O2S2. The van der Waals surface area contributed by atoms with Gasteiger partial charge in [-0.2, -0.15) is 4.31 Å². The van der Waals surface area contributed by atoms with Crippen LogP contribution in [-0.4, -0.2) is 75.9 Å². The van der Waals surface area contributed by atoms with Crippen molar-refractivity contribution in [2.24, 2.45) is 0 Å². The van der Waals surface area contributed by atoms with Gasteiger partial charge in [0.15, 0.2) is 0 Å². The number of thiophene rings is 1. The smallest absolute Gasteiger partial charge is 0.252 e. The van der Waals surface area contributed by atoms with E-state index in [2.05, 4.69) is 9.80 Å². The van der Waals surface area contributed by atoms with E-state index in [1.54, 1.807) is 15.8 Å². The first kappa shape index (κ1) is 15.7. The molecule has 0 unspecified atom stereocenters. The number of nitrogens with zero attached hydrogens (tertiary/aromatic N) is 3. The Hall–Kier alpha value is -0.670. The predicted octanol–water partition coefficient (Wildman–Crippen LogP) is 0.198. The first-order valence-corrected chi connectivity index (χ1v) is 8.93. The number of piperazine rings is 1. The summed E-state index contributed by atoms with van der Waals surface area (Å²) in [6.07, 6.45) is 0. The molecule has 20 heavy (non-hydrogen) atoms. The highest BCUT2D eigenvalue weighted by Gasteiger charge is 2.29. The van der Waals surface area contributed by atoms with E-state index in [-0.39, 0.29) is 0 Å². The molecule has 2 heterocycles. The number of rotatable bonds is 5. The van der Waals surface area contributed by atoms with Gasteiger partial charge < -0.3 is 10.6 Å². The van der Waals surface area contributed by atoms with Crippen molar-refractivity contribution in [3.8, 4) is 0 Å². The van der Waals surface area contributed by atoms with Crippen LogP contribution in [0.2, 0.25) is 0 Å². The number of anilines is 1. The SMILES string of the molecule is CN(C)CCN1CCN(S(=O)(=O)c2cc(N)cs2)CC1. The van der Waals surface area contributed by atoms with Gasteiger partial charge in [0.05, 0.1) is 0 Å². The zero-order chi connectivity index (χ0) is 14.8. The van der Waals surface area contributed by atoms with Crippen LogP contribution in [0.25, 0.3) is 0 Å². The molecule has 114 valence electrons. The Morgan fingerprint density at radius 3 is 2.45 bits per heavy atom. The van der Waals surface area contributed by atoms with Gasteiger partial charge >= 0.3 is 0 Å². The molecule has 1 aliphatic heterocycles. The third-order valence-electron chi connectivity index (χ3n) is 3.38. The van der Waals surface area contributed by atoms with Crippen molar-refractivity contribution >= 4 is 27.0 Å². The Morgan fingerprint density at radius 2 is 1.95 bits per heavy atom. The molecule has 1 saturated heterocycles. The first-order valence-electron chi connectivity index (χ1n) is 6.61. The Kier molecular flexibility index (Phi) is 5.03. The maximum atomic E-state index is 12.4. The van der Waals surface area contributed by atoms with Crippen molar-refractivity contribution in [3.05, 3.63) is 11.4 Å². The van der Waals surface area contributed by atoms with Crippen LogP contribution in [-0.2, 0) is 10.0 Å². The lowest BCUT2D eigenvalue weighted by Gasteiger charge is -2.34. The molecular weight excluding hydrogens is 296 g/mol. The fraction of sp³-hybridized carbons (Fsp3) is 0.667. The van der Waals surface area contributed by atoms with Gasteiger partial charge in [0, 0.05) is 50.3 Å². The number of hydrogen-bond acceptors (Lipinski definition) is 6. The second-order valence-electron chi connectivity index (χ2n) is 5.25. The number of hydrogen-bond donors (Lipinski definition) is 1. The maximum Gasteiger partial charge on any atom is 0.252 e. The van der Waals surface area contributed by atoms with Gasteiger partial charge in [0.2, 0.25) is 0 Å². The second kappa shape index (κ2) is 6.40. The van der Waals surface area contributed by atoms with Crippen molar-refractivity contribution in [2.75, 3.05) is 59.1 Å². The van der Waals surface area contributed by atoms with Crippen LogP contribution in [0.15, 0.2) is 15.7 Å². The number of nitrogen functional groups attached to an aromatic ring is 1. The lowest BCUT2D eigenvalue weighted by atomic mass is 10.3. The lowest BCUT2D eigenvalue weighted by molar-refractivity contribution is 0.175.